The monoisotopic (exact) mass is 401 g/mol. The third kappa shape index (κ3) is 4.95. The van der Waals surface area contributed by atoms with Gasteiger partial charge in [0, 0.05) is 19.7 Å². The number of rotatable bonds is 7. The van der Waals surface area contributed by atoms with Crippen LogP contribution in [0.15, 0.2) is 23.4 Å². The lowest BCUT2D eigenvalue weighted by molar-refractivity contribution is -0.137. The van der Waals surface area contributed by atoms with Crippen LogP contribution in [-0.2, 0) is 22.3 Å². The van der Waals surface area contributed by atoms with Crippen LogP contribution in [0, 0.1) is 0 Å². The van der Waals surface area contributed by atoms with Crippen molar-refractivity contribution in [2.45, 2.75) is 50.2 Å². The second-order valence-corrected chi connectivity index (χ2v) is 7.42. The molecule has 1 aliphatic rings. The summed E-state index contributed by atoms with van der Waals surface area (Å²) in [6, 6.07) is 3.54. The van der Waals surface area contributed by atoms with Crippen LogP contribution in [0.3, 0.4) is 0 Å². The number of hydrogen-bond donors (Lipinski definition) is 1. The van der Waals surface area contributed by atoms with Crippen molar-refractivity contribution < 1.29 is 22.7 Å². The number of imidazole rings is 1. The van der Waals surface area contributed by atoms with Gasteiger partial charge in [0.25, 0.3) is 0 Å². The second kappa shape index (κ2) is 8.52. The summed E-state index contributed by atoms with van der Waals surface area (Å²) >= 11 is 1.23. The summed E-state index contributed by atoms with van der Waals surface area (Å²) in [6.07, 6.45) is -1.62. The summed E-state index contributed by atoms with van der Waals surface area (Å²) in [5.41, 5.74) is 0.241. The number of carbonyl (C=O) groups is 1. The van der Waals surface area contributed by atoms with E-state index < -0.39 is 11.7 Å². The molecule has 2 aromatic rings. The molecule has 27 heavy (non-hydrogen) atoms. The van der Waals surface area contributed by atoms with Crippen molar-refractivity contribution in [1.29, 1.82) is 0 Å². The van der Waals surface area contributed by atoms with E-state index in [1.54, 1.807) is 4.57 Å². The molecule has 0 aliphatic carbocycles. The Kier molecular flexibility index (Phi) is 6.31. The Morgan fingerprint density at radius 3 is 2.93 bits per heavy atom. The fraction of sp³-hybridized carbons (Fsp3) is 0.556. The first-order valence-electron chi connectivity index (χ1n) is 8.97. The zero-order valence-corrected chi connectivity index (χ0v) is 15.8. The molecule has 1 atom stereocenters. The third-order valence-corrected chi connectivity index (χ3v) is 5.35. The van der Waals surface area contributed by atoms with Gasteiger partial charge in [0.15, 0.2) is 5.16 Å². The van der Waals surface area contributed by atoms with Crippen LogP contribution in [0.25, 0.3) is 11.0 Å². The highest BCUT2D eigenvalue weighted by Crippen LogP contribution is 2.33. The summed E-state index contributed by atoms with van der Waals surface area (Å²) in [4.78, 5) is 16.5. The van der Waals surface area contributed by atoms with E-state index in [9.17, 15) is 18.0 Å². The van der Waals surface area contributed by atoms with E-state index in [0.717, 1.165) is 38.0 Å². The average Bonchev–Trinajstić information content (AvgIpc) is 3.25. The van der Waals surface area contributed by atoms with Gasteiger partial charge in [0.2, 0.25) is 5.91 Å². The summed E-state index contributed by atoms with van der Waals surface area (Å²) in [7, 11) is 0. The number of fused-ring (bicyclic) bond motifs is 1. The lowest BCUT2D eigenvalue weighted by Gasteiger charge is -2.11. The number of hydrogen-bond acceptors (Lipinski definition) is 4. The topological polar surface area (TPSA) is 56.2 Å². The fourth-order valence-corrected chi connectivity index (χ4v) is 3.91. The van der Waals surface area contributed by atoms with Gasteiger partial charge in [-0.1, -0.05) is 18.7 Å². The molecular weight excluding hydrogens is 379 g/mol. The molecule has 2 heterocycles. The number of halogens is 3. The molecule has 1 N–H and O–H groups in total. The molecule has 0 bridgehead atoms. The summed E-state index contributed by atoms with van der Waals surface area (Å²) in [5, 5.41) is 3.39. The number of aromatic nitrogens is 2. The average molecular weight is 401 g/mol. The number of thioether (sulfide) groups is 1. The number of carbonyl (C=O) groups excluding carboxylic acids is 1. The first kappa shape index (κ1) is 20.0. The number of ether oxygens (including phenoxy) is 1. The van der Waals surface area contributed by atoms with E-state index in [1.165, 1.54) is 17.8 Å². The van der Waals surface area contributed by atoms with Crippen molar-refractivity contribution in [2.75, 3.05) is 18.9 Å². The Morgan fingerprint density at radius 2 is 2.26 bits per heavy atom. The zero-order chi connectivity index (χ0) is 19.4. The van der Waals surface area contributed by atoms with Gasteiger partial charge < -0.3 is 14.6 Å². The number of benzene rings is 1. The summed E-state index contributed by atoms with van der Waals surface area (Å²) < 4.78 is 46.2. The quantitative estimate of drug-likeness (QED) is 0.716. The number of nitrogens with one attached hydrogen (secondary N) is 1. The molecule has 5 nitrogen and oxygen atoms in total. The predicted octanol–water partition coefficient (Wildman–Crippen LogP) is 3.85. The van der Waals surface area contributed by atoms with Crippen LogP contribution in [0.1, 0.15) is 31.7 Å². The molecular formula is C18H22F3N3O2S. The zero-order valence-electron chi connectivity index (χ0n) is 15.0. The highest BCUT2D eigenvalue weighted by molar-refractivity contribution is 7.99. The van der Waals surface area contributed by atoms with Crippen LogP contribution in [-0.4, -0.2) is 40.5 Å². The van der Waals surface area contributed by atoms with E-state index in [1.807, 2.05) is 6.92 Å². The minimum Gasteiger partial charge on any atom is -0.376 e. The van der Waals surface area contributed by atoms with Crippen LogP contribution in [0.2, 0.25) is 0 Å². The first-order chi connectivity index (χ1) is 12.9. The van der Waals surface area contributed by atoms with Gasteiger partial charge in [0.05, 0.1) is 28.5 Å². The first-order valence-corrected chi connectivity index (χ1v) is 9.95. The summed E-state index contributed by atoms with van der Waals surface area (Å²) in [6.45, 7) is 3.70. The molecule has 1 fully saturated rings. The lowest BCUT2D eigenvalue weighted by Crippen LogP contribution is -2.32. The van der Waals surface area contributed by atoms with E-state index >= 15 is 0 Å². The van der Waals surface area contributed by atoms with Crippen molar-refractivity contribution in [2.24, 2.45) is 0 Å². The van der Waals surface area contributed by atoms with Gasteiger partial charge in [-0.25, -0.2) is 4.98 Å². The lowest BCUT2D eigenvalue weighted by atomic mass is 10.2. The molecule has 0 spiro atoms. The Balaban J connectivity index is 1.71. The SMILES string of the molecule is CCCn1c(SCC(=O)NCC2CCCO2)nc2ccc(C(F)(F)F)cc21. The highest BCUT2D eigenvalue weighted by Gasteiger charge is 2.31. The molecule has 0 saturated carbocycles. The second-order valence-electron chi connectivity index (χ2n) is 6.48. The van der Waals surface area contributed by atoms with Gasteiger partial charge in [-0.15, -0.1) is 0 Å². The maximum atomic E-state index is 13.0. The molecule has 1 amide bonds. The molecule has 1 aromatic heterocycles. The molecule has 9 heteroatoms. The Hall–Kier alpha value is -1.74. The molecule has 1 saturated heterocycles. The standard InChI is InChI=1S/C18H22F3N3O2S/c1-2-7-24-15-9-12(18(19,20)21)5-6-14(15)23-17(24)27-11-16(25)22-10-13-4-3-8-26-13/h5-6,9,13H,2-4,7-8,10-11H2,1H3,(H,22,25). The maximum Gasteiger partial charge on any atom is 0.416 e. The van der Waals surface area contributed by atoms with Crippen molar-refractivity contribution in [3.05, 3.63) is 23.8 Å². The number of alkyl halides is 3. The van der Waals surface area contributed by atoms with Gasteiger partial charge in [0.1, 0.15) is 0 Å². The normalized spacial score (nSPS) is 17.6. The third-order valence-electron chi connectivity index (χ3n) is 4.37. The predicted molar refractivity (Wildman–Crippen MR) is 97.7 cm³/mol. The highest BCUT2D eigenvalue weighted by atomic mass is 32.2. The van der Waals surface area contributed by atoms with Gasteiger partial charge in [-0.3, -0.25) is 4.79 Å². The number of amides is 1. The molecule has 0 radical (unpaired) electrons. The summed E-state index contributed by atoms with van der Waals surface area (Å²) in [5.74, 6) is 0.0212. The van der Waals surface area contributed by atoms with E-state index in [0.29, 0.717) is 29.3 Å². The molecule has 148 valence electrons. The van der Waals surface area contributed by atoms with Crippen LogP contribution in [0.4, 0.5) is 13.2 Å². The van der Waals surface area contributed by atoms with Crippen LogP contribution >= 0.6 is 11.8 Å². The van der Waals surface area contributed by atoms with Crippen LogP contribution in [0.5, 0.6) is 0 Å². The minimum absolute atomic E-state index is 0.0735. The van der Waals surface area contributed by atoms with Gasteiger partial charge in [-0.2, -0.15) is 13.2 Å². The minimum atomic E-state index is -4.40. The number of nitrogens with zero attached hydrogens (tertiary/aromatic N) is 2. The Labute approximate surface area is 159 Å². The molecule has 1 aromatic carbocycles. The van der Waals surface area contributed by atoms with Crippen LogP contribution < -0.4 is 5.32 Å². The molecule has 1 unspecified atom stereocenters. The van der Waals surface area contributed by atoms with E-state index in [4.69, 9.17) is 4.74 Å². The van der Waals surface area contributed by atoms with Crippen molar-refractivity contribution in [3.8, 4) is 0 Å². The molecule has 1 aliphatic heterocycles. The largest absolute Gasteiger partial charge is 0.416 e. The Bertz CT molecular complexity index is 801. The van der Waals surface area contributed by atoms with Crippen molar-refractivity contribution >= 4 is 28.7 Å². The maximum absolute atomic E-state index is 13.0. The fourth-order valence-electron chi connectivity index (χ4n) is 3.04. The van der Waals surface area contributed by atoms with E-state index in [-0.39, 0.29) is 17.8 Å². The van der Waals surface area contributed by atoms with Gasteiger partial charge >= 0.3 is 6.18 Å². The smallest absolute Gasteiger partial charge is 0.376 e. The van der Waals surface area contributed by atoms with E-state index in [2.05, 4.69) is 10.3 Å². The Morgan fingerprint density at radius 1 is 1.44 bits per heavy atom. The van der Waals surface area contributed by atoms with Crippen molar-refractivity contribution in [3.63, 3.8) is 0 Å². The number of aryl methyl sites for hydroxylation is 1. The van der Waals surface area contributed by atoms with Crippen molar-refractivity contribution in [1.82, 2.24) is 14.9 Å². The van der Waals surface area contributed by atoms with Gasteiger partial charge in [-0.05, 0) is 37.5 Å². The molecule has 3 rings (SSSR count).